The van der Waals surface area contributed by atoms with Crippen LogP contribution < -0.4 is 16.6 Å². The Morgan fingerprint density at radius 1 is 1.20 bits per heavy atom. The number of nitrogens with two attached hydrogens (primary N) is 1. The fourth-order valence-electron chi connectivity index (χ4n) is 1.96. The first-order chi connectivity index (χ1) is 9.80. The first kappa shape index (κ1) is 12.4. The molecule has 0 radical (unpaired) electrons. The standard InChI is InChI=1S/C13H15N7/c1-2-8-3-5-9(6-4-8)16-11-10-7-15-20-12(10)18-13(17-11)19-14/h3-7H,2,14H2,1H3,(H3,15,16,17,18,19,20). The molecule has 0 aliphatic rings. The lowest BCUT2D eigenvalue weighted by atomic mass is 10.1. The van der Waals surface area contributed by atoms with Crippen LogP contribution in [0, 0.1) is 0 Å². The second-order valence-corrected chi connectivity index (χ2v) is 4.35. The smallest absolute Gasteiger partial charge is 0.241 e. The number of aromatic nitrogens is 4. The van der Waals surface area contributed by atoms with E-state index < -0.39 is 0 Å². The number of rotatable bonds is 4. The summed E-state index contributed by atoms with van der Waals surface area (Å²) in [5.41, 5.74) is 5.31. The minimum absolute atomic E-state index is 0.328. The van der Waals surface area contributed by atoms with Crippen LogP contribution in [0.15, 0.2) is 30.5 Å². The Morgan fingerprint density at radius 3 is 2.70 bits per heavy atom. The Morgan fingerprint density at radius 2 is 2.00 bits per heavy atom. The number of benzene rings is 1. The average Bonchev–Trinajstić information content (AvgIpc) is 2.96. The first-order valence-electron chi connectivity index (χ1n) is 6.34. The Balaban J connectivity index is 1.98. The predicted molar refractivity (Wildman–Crippen MR) is 78.6 cm³/mol. The highest BCUT2D eigenvalue weighted by molar-refractivity contribution is 5.88. The number of hydrogen-bond acceptors (Lipinski definition) is 6. The van der Waals surface area contributed by atoms with E-state index in [1.54, 1.807) is 6.20 Å². The molecular weight excluding hydrogens is 254 g/mol. The molecule has 2 aromatic heterocycles. The minimum atomic E-state index is 0.328. The van der Waals surface area contributed by atoms with Crippen LogP contribution >= 0.6 is 0 Å². The van der Waals surface area contributed by atoms with Crippen LogP contribution in [0.4, 0.5) is 17.5 Å². The molecule has 1 aromatic carbocycles. The number of hydrazine groups is 1. The van der Waals surface area contributed by atoms with Crippen molar-refractivity contribution in [1.82, 2.24) is 20.2 Å². The quantitative estimate of drug-likeness (QED) is 0.426. The van der Waals surface area contributed by atoms with E-state index in [2.05, 4.69) is 50.0 Å². The number of nitrogens with one attached hydrogen (secondary N) is 3. The van der Waals surface area contributed by atoms with Gasteiger partial charge < -0.3 is 5.32 Å². The van der Waals surface area contributed by atoms with E-state index in [1.165, 1.54) is 5.56 Å². The Hall–Kier alpha value is -2.67. The molecule has 3 rings (SSSR count). The molecule has 0 saturated carbocycles. The molecule has 0 fully saturated rings. The molecule has 0 bridgehead atoms. The second-order valence-electron chi connectivity index (χ2n) is 4.35. The highest BCUT2D eigenvalue weighted by Gasteiger charge is 2.09. The summed E-state index contributed by atoms with van der Waals surface area (Å²) in [4.78, 5) is 8.49. The van der Waals surface area contributed by atoms with Crippen molar-refractivity contribution in [1.29, 1.82) is 0 Å². The van der Waals surface area contributed by atoms with Gasteiger partial charge in [0, 0.05) is 5.69 Å². The maximum absolute atomic E-state index is 5.37. The molecule has 0 aliphatic carbocycles. The molecular formula is C13H15N7. The van der Waals surface area contributed by atoms with Gasteiger partial charge in [-0.1, -0.05) is 19.1 Å². The lowest BCUT2D eigenvalue weighted by Crippen LogP contribution is -2.11. The summed E-state index contributed by atoms with van der Waals surface area (Å²) in [6, 6.07) is 8.20. The molecule has 102 valence electrons. The number of nitrogens with zero attached hydrogens (tertiary/aromatic N) is 3. The fourth-order valence-corrected chi connectivity index (χ4v) is 1.96. The topological polar surface area (TPSA) is 105 Å². The van der Waals surface area contributed by atoms with Gasteiger partial charge in [-0.15, -0.1) is 0 Å². The maximum atomic E-state index is 5.37. The lowest BCUT2D eigenvalue weighted by Gasteiger charge is -2.08. The third-order valence-corrected chi connectivity index (χ3v) is 3.06. The summed E-state index contributed by atoms with van der Waals surface area (Å²) >= 11 is 0. The Bertz CT molecular complexity index is 717. The van der Waals surface area contributed by atoms with Crippen LogP contribution in [-0.2, 0) is 6.42 Å². The van der Waals surface area contributed by atoms with Crippen molar-refractivity contribution in [2.45, 2.75) is 13.3 Å². The molecule has 0 amide bonds. The van der Waals surface area contributed by atoms with E-state index >= 15 is 0 Å². The number of H-pyrrole nitrogens is 1. The summed E-state index contributed by atoms with van der Waals surface area (Å²) in [5, 5.41) is 10.8. The van der Waals surface area contributed by atoms with Crippen LogP contribution in [0.1, 0.15) is 12.5 Å². The van der Waals surface area contributed by atoms with E-state index in [-0.39, 0.29) is 0 Å². The van der Waals surface area contributed by atoms with Crippen molar-refractivity contribution < 1.29 is 0 Å². The third-order valence-electron chi connectivity index (χ3n) is 3.06. The molecule has 0 spiro atoms. The average molecular weight is 269 g/mol. The number of aromatic amines is 1. The van der Waals surface area contributed by atoms with E-state index in [0.29, 0.717) is 17.4 Å². The zero-order chi connectivity index (χ0) is 13.9. The largest absolute Gasteiger partial charge is 0.339 e. The summed E-state index contributed by atoms with van der Waals surface area (Å²) in [6.07, 6.45) is 2.69. The molecule has 0 atom stereocenters. The van der Waals surface area contributed by atoms with E-state index in [0.717, 1.165) is 17.5 Å². The van der Waals surface area contributed by atoms with Crippen LogP contribution in [0.25, 0.3) is 11.0 Å². The van der Waals surface area contributed by atoms with Gasteiger partial charge >= 0.3 is 0 Å². The summed E-state index contributed by atoms with van der Waals surface area (Å²) in [6.45, 7) is 2.13. The van der Waals surface area contributed by atoms with E-state index in [1.807, 2.05) is 12.1 Å². The number of fused-ring (bicyclic) bond motifs is 1. The Labute approximate surface area is 115 Å². The molecule has 3 aromatic rings. The van der Waals surface area contributed by atoms with Crippen LogP contribution in [0.3, 0.4) is 0 Å². The van der Waals surface area contributed by atoms with Gasteiger partial charge in [-0.05, 0) is 24.1 Å². The zero-order valence-electron chi connectivity index (χ0n) is 11.0. The van der Waals surface area contributed by atoms with Crippen molar-refractivity contribution in [3.05, 3.63) is 36.0 Å². The molecule has 7 heteroatoms. The summed E-state index contributed by atoms with van der Waals surface area (Å²) in [5.74, 6) is 6.35. The van der Waals surface area contributed by atoms with Gasteiger partial charge in [-0.3, -0.25) is 10.5 Å². The van der Waals surface area contributed by atoms with Crippen molar-refractivity contribution in [2.75, 3.05) is 10.7 Å². The monoisotopic (exact) mass is 269 g/mol. The molecule has 2 heterocycles. The highest BCUT2D eigenvalue weighted by Crippen LogP contribution is 2.23. The van der Waals surface area contributed by atoms with Gasteiger partial charge in [0.1, 0.15) is 5.82 Å². The van der Waals surface area contributed by atoms with Crippen molar-refractivity contribution >= 4 is 28.5 Å². The SMILES string of the molecule is CCc1ccc(Nc2nc(NN)nc3[nH]ncc23)cc1. The number of aryl methyl sites for hydroxylation is 1. The minimum Gasteiger partial charge on any atom is -0.339 e. The Kier molecular flexibility index (Phi) is 3.18. The number of nitrogen functional groups attached to an aromatic ring is 1. The molecule has 7 nitrogen and oxygen atoms in total. The van der Waals surface area contributed by atoms with Crippen LogP contribution in [-0.4, -0.2) is 20.2 Å². The van der Waals surface area contributed by atoms with Crippen LogP contribution in [0.2, 0.25) is 0 Å². The molecule has 20 heavy (non-hydrogen) atoms. The number of hydrogen-bond donors (Lipinski definition) is 4. The van der Waals surface area contributed by atoms with Gasteiger partial charge in [0.05, 0.1) is 11.6 Å². The molecule has 5 N–H and O–H groups in total. The van der Waals surface area contributed by atoms with Gasteiger partial charge in [0.2, 0.25) is 5.95 Å². The van der Waals surface area contributed by atoms with Gasteiger partial charge in [-0.25, -0.2) is 5.84 Å². The maximum Gasteiger partial charge on any atom is 0.241 e. The lowest BCUT2D eigenvalue weighted by molar-refractivity contribution is 1.08. The summed E-state index contributed by atoms with van der Waals surface area (Å²) < 4.78 is 0. The van der Waals surface area contributed by atoms with E-state index in [9.17, 15) is 0 Å². The zero-order valence-corrected chi connectivity index (χ0v) is 11.0. The number of anilines is 3. The first-order valence-corrected chi connectivity index (χ1v) is 6.34. The van der Waals surface area contributed by atoms with Gasteiger partial charge in [0.15, 0.2) is 5.65 Å². The van der Waals surface area contributed by atoms with E-state index in [4.69, 9.17) is 5.84 Å². The highest BCUT2D eigenvalue weighted by atomic mass is 15.3. The second kappa shape index (κ2) is 5.14. The van der Waals surface area contributed by atoms with Gasteiger partial charge in [0.25, 0.3) is 0 Å². The predicted octanol–water partition coefficient (Wildman–Crippen LogP) is 1.94. The normalized spacial score (nSPS) is 10.7. The van der Waals surface area contributed by atoms with Crippen molar-refractivity contribution in [3.8, 4) is 0 Å². The molecule has 0 aliphatic heterocycles. The fraction of sp³-hybridized carbons (Fsp3) is 0.154. The summed E-state index contributed by atoms with van der Waals surface area (Å²) in [7, 11) is 0. The van der Waals surface area contributed by atoms with Crippen LogP contribution in [0.5, 0.6) is 0 Å². The van der Waals surface area contributed by atoms with Crippen molar-refractivity contribution in [3.63, 3.8) is 0 Å². The third kappa shape index (κ3) is 2.26. The van der Waals surface area contributed by atoms with Gasteiger partial charge in [-0.2, -0.15) is 15.1 Å². The molecule has 0 saturated heterocycles. The molecule has 0 unspecified atom stereocenters. The van der Waals surface area contributed by atoms with Crippen molar-refractivity contribution in [2.24, 2.45) is 5.84 Å².